The van der Waals surface area contributed by atoms with E-state index < -0.39 is 0 Å². The van der Waals surface area contributed by atoms with Gasteiger partial charge in [-0.2, -0.15) is 5.10 Å². The third-order valence-electron chi connectivity index (χ3n) is 2.40. The lowest BCUT2D eigenvalue weighted by Crippen LogP contribution is -2.28. The van der Waals surface area contributed by atoms with Crippen molar-refractivity contribution in [2.75, 3.05) is 0 Å². The predicted octanol–water partition coefficient (Wildman–Crippen LogP) is 1.90. The molecule has 1 fully saturated rings. The summed E-state index contributed by atoms with van der Waals surface area (Å²) in [5.41, 5.74) is 1.46. The van der Waals surface area contributed by atoms with Gasteiger partial charge >= 0.3 is 0 Å². The topological polar surface area (TPSA) is 38.4 Å². The van der Waals surface area contributed by atoms with E-state index in [0.29, 0.717) is 0 Å². The number of nitrogens with zero attached hydrogens (tertiary/aromatic N) is 1. The van der Waals surface area contributed by atoms with Crippen molar-refractivity contribution in [2.24, 2.45) is 16.4 Å². The lowest BCUT2D eigenvalue weighted by atomic mass is 9.76. The number of rotatable bonds is 0. The zero-order valence-corrected chi connectivity index (χ0v) is 6.85. The average molecular weight is 140 g/mol. The fourth-order valence-electron chi connectivity index (χ4n) is 1.58. The van der Waals surface area contributed by atoms with Gasteiger partial charge in [0.05, 0.1) is 0 Å². The van der Waals surface area contributed by atoms with Gasteiger partial charge in [0.1, 0.15) is 0 Å². The first-order valence-corrected chi connectivity index (χ1v) is 3.94. The molecule has 2 N–H and O–H groups in total. The van der Waals surface area contributed by atoms with Crippen molar-refractivity contribution in [3.8, 4) is 0 Å². The van der Waals surface area contributed by atoms with Crippen LogP contribution in [0.4, 0.5) is 0 Å². The van der Waals surface area contributed by atoms with Crippen LogP contribution in [0.15, 0.2) is 5.10 Å². The van der Waals surface area contributed by atoms with Gasteiger partial charge in [0.2, 0.25) is 0 Å². The van der Waals surface area contributed by atoms with Crippen LogP contribution in [0.2, 0.25) is 0 Å². The summed E-state index contributed by atoms with van der Waals surface area (Å²) in [5.74, 6) is 5.27. The Morgan fingerprint density at radius 3 is 2.50 bits per heavy atom. The molecule has 2 heteroatoms. The molecule has 10 heavy (non-hydrogen) atoms. The Hall–Kier alpha value is -0.530. The van der Waals surface area contributed by atoms with Crippen LogP contribution in [-0.4, -0.2) is 5.71 Å². The maximum absolute atomic E-state index is 5.27. The molecule has 0 bridgehead atoms. The van der Waals surface area contributed by atoms with E-state index in [0.717, 1.165) is 6.42 Å². The second kappa shape index (κ2) is 2.60. The molecular formula is C8H16N2. The van der Waals surface area contributed by atoms with Crippen LogP contribution in [0.1, 0.15) is 39.5 Å². The molecule has 0 radical (unpaired) electrons. The van der Waals surface area contributed by atoms with E-state index in [1.807, 2.05) is 0 Å². The third-order valence-corrected chi connectivity index (χ3v) is 2.40. The van der Waals surface area contributed by atoms with Gasteiger partial charge in [-0.1, -0.05) is 20.3 Å². The number of hydrogen-bond acceptors (Lipinski definition) is 2. The van der Waals surface area contributed by atoms with Gasteiger partial charge in [-0.05, 0) is 19.3 Å². The molecule has 0 aliphatic heterocycles. The Morgan fingerprint density at radius 1 is 1.40 bits per heavy atom. The van der Waals surface area contributed by atoms with Gasteiger partial charge < -0.3 is 5.84 Å². The van der Waals surface area contributed by atoms with Crippen molar-refractivity contribution in [3.63, 3.8) is 0 Å². The minimum absolute atomic E-state index is 0.271. The van der Waals surface area contributed by atoms with Crippen molar-refractivity contribution in [2.45, 2.75) is 39.5 Å². The second-order valence-electron chi connectivity index (χ2n) is 3.67. The van der Waals surface area contributed by atoms with Crippen LogP contribution in [0, 0.1) is 5.41 Å². The van der Waals surface area contributed by atoms with E-state index >= 15 is 0 Å². The van der Waals surface area contributed by atoms with Crippen molar-refractivity contribution >= 4 is 5.71 Å². The van der Waals surface area contributed by atoms with Crippen molar-refractivity contribution in [3.05, 3.63) is 0 Å². The Balaban J connectivity index is 2.70. The molecule has 1 rings (SSSR count). The third kappa shape index (κ3) is 1.31. The highest BCUT2D eigenvalue weighted by atomic mass is 15.1. The highest BCUT2D eigenvalue weighted by Gasteiger charge is 2.27. The van der Waals surface area contributed by atoms with E-state index in [4.69, 9.17) is 5.84 Å². The molecule has 0 aromatic heterocycles. The zero-order chi connectivity index (χ0) is 7.61. The number of hydrogen-bond donors (Lipinski definition) is 1. The van der Waals surface area contributed by atoms with Crippen molar-refractivity contribution in [1.82, 2.24) is 0 Å². The van der Waals surface area contributed by atoms with E-state index in [1.54, 1.807) is 0 Å². The van der Waals surface area contributed by atoms with Crippen LogP contribution in [-0.2, 0) is 0 Å². The standard InChI is InChI=1S/C8H16N2/c1-8(2)6-4-3-5-7(8)10-9/h3-6,9H2,1-2H3/b10-7+. The SMILES string of the molecule is CC1(C)CCCC/C1=N\N. The molecule has 58 valence electrons. The lowest BCUT2D eigenvalue weighted by molar-refractivity contribution is 0.409. The molecule has 0 unspecified atom stereocenters. The van der Waals surface area contributed by atoms with Gasteiger partial charge in [-0.3, -0.25) is 0 Å². The summed E-state index contributed by atoms with van der Waals surface area (Å²) in [7, 11) is 0. The monoisotopic (exact) mass is 140 g/mol. The summed E-state index contributed by atoms with van der Waals surface area (Å²) in [6.45, 7) is 4.44. The molecule has 1 saturated carbocycles. The summed E-state index contributed by atoms with van der Waals surface area (Å²) in [5, 5.41) is 3.82. The first-order valence-electron chi connectivity index (χ1n) is 3.94. The highest BCUT2D eigenvalue weighted by Crippen LogP contribution is 2.32. The molecule has 2 nitrogen and oxygen atoms in total. The zero-order valence-electron chi connectivity index (χ0n) is 6.85. The van der Waals surface area contributed by atoms with Gasteiger partial charge in [0.15, 0.2) is 0 Å². The minimum Gasteiger partial charge on any atom is -0.323 e. The lowest BCUT2D eigenvalue weighted by Gasteiger charge is -2.30. The molecule has 0 atom stereocenters. The fourth-order valence-corrected chi connectivity index (χ4v) is 1.58. The largest absolute Gasteiger partial charge is 0.323 e. The molecule has 0 saturated heterocycles. The summed E-state index contributed by atoms with van der Waals surface area (Å²) in [6, 6.07) is 0. The normalized spacial score (nSPS) is 28.8. The quantitative estimate of drug-likeness (QED) is 0.405. The predicted molar refractivity (Wildman–Crippen MR) is 43.9 cm³/mol. The van der Waals surface area contributed by atoms with Gasteiger partial charge in [-0.25, -0.2) is 0 Å². The molecule has 0 spiro atoms. The Kier molecular flexibility index (Phi) is 1.97. The first kappa shape index (κ1) is 7.58. The van der Waals surface area contributed by atoms with Crippen molar-refractivity contribution < 1.29 is 0 Å². The van der Waals surface area contributed by atoms with Gasteiger partial charge in [-0.15, -0.1) is 0 Å². The summed E-state index contributed by atoms with van der Waals surface area (Å²) in [4.78, 5) is 0. The molecular weight excluding hydrogens is 124 g/mol. The van der Waals surface area contributed by atoms with Gasteiger partial charge in [0, 0.05) is 11.1 Å². The van der Waals surface area contributed by atoms with Crippen LogP contribution in [0.5, 0.6) is 0 Å². The van der Waals surface area contributed by atoms with Crippen LogP contribution < -0.4 is 5.84 Å². The molecule has 0 aromatic rings. The van der Waals surface area contributed by atoms with Crippen LogP contribution in [0.3, 0.4) is 0 Å². The number of hydrazone groups is 1. The van der Waals surface area contributed by atoms with E-state index in [1.165, 1.54) is 25.0 Å². The minimum atomic E-state index is 0.271. The summed E-state index contributed by atoms with van der Waals surface area (Å²) >= 11 is 0. The van der Waals surface area contributed by atoms with E-state index in [9.17, 15) is 0 Å². The van der Waals surface area contributed by atoms with Crippen LogP contribution in [0.25, 0.3) is 0 Å². The highest BCUT2D eigenvalue weighted by molar-refractivity contribution is 5.89. The molecule has 0 aromatic carbocycles. The van der Waals surface area contributed by atoms with Crippen molar-refractivity contribution in [1.29, 1.82) is 0 Å². The summed E-state index contributed by atoms with van der Waals surface area (Å²) < 4.78 is 0. The molecule has 0 amide bonds. The van der Waals surface area contributed by atoms with Gasteiger partial charge in [0.25, 0.3) is 0 Å². The maximum Gasteiger partial charge on any atom is 0.0432 e. The smallest absolute Gasteiger partial charge is 0.0432 e. The molecule has 1 aliphatic rings. The first-order chi connectivity index (χ1) is 4.67. The van der Waals surface area contributed by atoms with Crippen LogP contribution >= 0.6 is 0 Å². The van der Waals surface area contributed by atoms with E-state index in [2.05, 4.69) is 18.9 Å². The molecule has 0 heterocycles. The Morgan fingerprint density at radius 2 is 2.10 bits per heavy atom. The Labute approximate surface area is 62.5 Å². The summed E-state index contributed by atoms with van der Waals surface area (Å²) in [6.07, 6.45) is 4.93. The number of nitrogens with two attached hydrogens (primary N) is 1. The maximum atomic E-state index is 5.27. The molecule has 1 aliphatic carbocycles. The average Bonchev–Trinajstić information content (AvgIpc) is 1.87. The fraction of sp³-hybridized carbons (Fsp3) is 0.875. The Bertz CT molecular complexity index is 147. The van der Waals surface area contributed by atoms with E-state index in [-0.39, 0.29) is 5.41 Å². The second-order valence-corrected chi connectivity index (χ2v) is 3.67.